The highest BCUT2D eigenvalue weighted by atomic mass is 16.5. The monoisotopic (exact) mass is 358 g/mol. The summed E-state index contributed by atoms with van der Waals surface area (Å²) in [4.78, 5) is 25.7. The fourth-order valence-corrected chi connectivity index (χ4v) is 3.15. The average Bonchev–Trinajstić information content (AvgIpc) is 2.64. The van der Waals surface area contributed by atoms with Crippen molar-refractivity contribution >= 4 is 17.5 Å². The first-order valence-corrected chi connectivity index (χ1v) is 9.55. The number of amides is 2. The van der Waals surface area contributed by atoms with Crippen molar-refractivity contribution in [1.29, 1.82) is 0 Å². The first-order valence-electron chi connectivity index (χ1n) is 9.55. The summed E-state index contributed by atoms with van der Waals surface area (Å²) in [5.74, 6) is 0.683. The van der Waals surface area contributed by atoms with Gasteiger partial charge in [0.05, 0.1) is 6.61 Å². The van der Waals surface area contributed by atoms with Crippen LogP contribution in [0, 0.1) is 0 Å². The van der Waals surface area contributed by atoms with Gasteiger partial charge in [0.1, 0.15) is 5.75 Å². The Hall–Kier alpha value is -2.30. The van der Waals surface area contributed by atoms with Gasteiger partial charge in [0.15, 0.2) is 0 Å². The second kappa shape index (κ2) is 10.6. The molecule has 0 bridgehead atoms. The number of hydrogen-bond acceptors (Lipinski definition) is 3. The smallest absolute Gasteiger partial charge is 0.223 e. The number of hydrogen-bond donors (Lipinski definition) is 1. The number of nitrogens with zero attached hydrogens (tertiary/aromatic N) is 1. The van der Waals surface area contributed by atoms with Gasteiger partial charge in [-0.3, -0.25) is 9.59 Å². The van der Waals surface area contributed by atoms with Crippen LogP contribution in [0.2, 0.25) is 0 Å². The molecule has 0 atom stereocenters. The van der Waals surface area contributed by atoms with Gasteiger partial charge in [-0.05, 0) is 63.3 Å². The fourth-order valence-electron chi connectivity index (χ4n) is 3.15. The van der Waals surface area contributed by atoms with E-state index in [4.69, 9.17) is 4.74 Å². The van der Waals surface area contributed by atoms with Crippen molar-refractivity contribution in [2.45, 2.75) is 52.4 Å². The molecule has 142 valence electrons. The van der Waals surface area contributed by atoms with Gasteiger partial charge in [-0.15, -0.1) is 0 Å². The standard InChI is InChI=1S/C21H30N2O3/c1-3-26-20-11-9-19(10-12-20)23(17(2)24)16-14-21(25)22-15-13-18-7-5-4-6-8-18/h7,9-12H,3-6,8,13-16H2,1-2H3,(H,22,25). The number of carbonyl (C=O) groups is 2. The van der Waals surface area contributed by atoms with Crippen LogP contribution in [0.3, 0.4) is 0 Å². The minimum Gasteiger partial charge on any atom is -0.494 e. The van der Waals surface area contributed by atoms with Crippen molar-refractivity contribution in [3.05, 3.63) is 35.9 Å². The zero-order chi connectivity index (χ0) is 18.8. The van der Waals surface area contributed by atoms with Crippen LogP contribution >= 0.6 is 0 Å². The maximum absolute atomic E-state index is 12.1. The second-order valence-corrected chi connectivity index (χ2v) is 6.56. The molecule has 1 aromatic rings. The van der Waals surface area contributed by atoms with Crippen LogP contribution in [0.1, 0.15) is 52.4 Å². The van der Waals surface area contributed by atoms with Crippen LogP contribution in [0.25, 0.3) is 0 Å². The Balaban J connectivity index is 1.78. The first-order chi connectivity index (χ1) is 12.6. The number of rotatable bonds is 9. The molecular weight excluding hydrogens is 328 g/mol. The molecule has 0 unspecified atom stereocenters. The highest BCUT2D eigenvalue weighted by molar-refractivity contribution is 5.92. The predicted molar refractivity (Wildman–Crippen MR) is 104 cm³/mol. The summed E-state index contributed by atoms with van der Waals surface area (Å²) in [6.45, 7) is 5.10. The van der Waals surface area contributed by atoms with E-state index in [1.165, 1.54) is 31.8 Å². The van der Waals surface area contributed by atoms with Crippen molar-refractivity contribution in [2.75, 3.05) is 24.6 Å². The third-order valence-corrected chi connectivity index (χ3v) is 4.56. The van der Waals surface area contributed by atoms with Crippen molar-refractivity contribution in [3.63, 3.8) is 0 Å². The van der Waals surface area contributed by atoms with Crippen LogP contribution in [0.15, 0.2) is 35.9 Å². The number of ether oxygens (including phenoxy) is 1. The van der Waals surface area contributed by atoms with Gasteiger partial charge in [0.25, 0.3) is 0 Å². The van der Waals surface area contributed by atoms with Crippen LogP contribution in [0.5, 0.6) is 5.75 Å². The zero-order valence-corrected chi connectivity index (χ0v) is 15.9. The molecule has 0 saturated carbocycles. The van der Waals surface area contributed by atoms with E-state index >= 15 is 0 Å². The normalized spacial score (nSPS) is 13.7. The van der Waals surface area contributed by atoms with E-state index in [-0.39, 0.29) is 11.8 Å². The predicted octanol–water partition coefficient (Wildman–Crippen LogP) is 3.84. The van der Waals surface area contributed by atoms with E-state index in [9.17, 15) is 9.59 Å². The van der Waals surface area contributed by atoms with Crippen molar-refractivity contribution in [3.8, 4) is 5.75 Å². The second-order valence-electron chi connectivity index (χ2n) is 6.56. The molecule has 0 radical (unpaired) electrons. The quantitative estimate of drug-likeness (QED) is 0.683. The summed E-state index contributed by atoms with van der Waals surface area (Å²) >= 11 is 0. The molecule has 26 heavy (non-hydrogen) atoms. The fraction of sp³-hybridized carbons (Fsp3) is 0.524. The lowest BCUT2D eigenvalue weighted by Crippen LogP contribution is -2.34. The molecule has 5 nitrogen and oxygen atoms in total. The van der Waals surface area contributed by atoms with Gasteiger partial charge in [-0.2, -0.15) is 0 Å². The van der Waals surface area contributed by atoms with Crippen LogP contribution in [-0.4, -0.2) is 31.5 Å². The van der Waals surface area contributed by atoms with E-state index in [1.54, 1.807) is 4.90 Å². The summed E-state index contributed by atoms with van der Waals surface area (Å²) in [5.41, 5.74) is 2.23. The third-order valence-electron chi connectivity index (χ3n) is 4.56. The molecule has 1 aliphatic carbocycles. The maximum Gasteiger partial charge on any atom is 0.223 e. The van der Waals surface area contributed by atoms with Crippen LogP contribution in [0.4, 0.5) is 5.69 Å². The highest BCUT2D eigenvalue weighted by Crippen LogP contribution is 2.21. The Labute approximate surface area is 156 Å². The Morgan fingerprint density at radius 3 is 2.58 bits per heavy atom. The van der Waals surface area contributed by atoms with E-state index in [2.05, 4.69) is 11.4 Å². The first kappa shape index (κ1) is 20.0. The largest absolute Gasteiger partial charge is 0.494 e. The van der Waals surface area contributed by atoms with Gasteiger partial charge in [0, 0.05) is 32.1 Å². The van der Waals surface area contributed by atoms with Crippen molar-refractivity contribution in [2.24, 2.45) is 0 Å². The summed E-state index contributed by atoms with van der Waals surface area (Å²) in [6.07, 6.45) is 8.40. The summed E-state index contributed by atoms with van der Waals surface area (Å²) < 4.78 is 5.42. The Morgan fingerprint density at radius 2 is 1.96 bits per heavy atom. The zero-order valence-electron chi connectivity index (χ0n) is 15.9. The molecule has 0 spiro atoms. The molecule has 1 aliphatic rings. The molecule has 1 aromatic carbocycles. The van der Waals surface area contributed by atoms with E-state index in [1.807, 2.05) is 31.2 Å². The molecular formula is C21H30N2O3. The SMILES string of the molecule is CCOc1ccc(N(CCC(=O)NCCC2=CCCCC2)C(C)=O)cc1. The number of nitrogens with one attached hydrogen (secondary N) is 1. The van der Waals surface area contributed by atoms with Gasteiger partial charge < -0.3 is 15.0 Å². The Morgan fingerprint density at radius 1 is 1.19 bits per heavy atom. The molecule has 0 aromatic heterocycles. The van der Waals surface area contributed by atoms with E-state index < -0.39 is 0 Å². The molecule has 5 heteroatoms. The van der Waals surface area contributed by atoms with Crippen LogP contribution < -0.4 is 15.0 Å². The number of anilines is 1. The van der Waals surface area contributed by atoms with Gasteiger partial charge in [-0.25, -0.2) is 0 Å². The van der Waals surface area contributed by atoms with E-state index in [0.717, 1.165) is 24.3 Å². The van der Waals surface area contributed by atoms with Gasteiger partial charge >= 0.3 is 0 Å². The lowest BCUT2D eigenvalue weighted by atomic mass is 9.97. The third kappa shape index (κ3) is 6.54. The minimum absolute atomic E-state index is 0.0152. The van der Waals surface area contributed by atoms with Crippen LogP contribution in [-0.2, 0) is 9.59 Å². The lowest BCUT2D eigenvalue weighted by molar-refractivity contribution is -0.121. The molecule has 2 rings (SSSR count). The topological polar surface area (TPSA) is 58.6 Å². The van der Waals surface area contributed by atoms with Crippen molar-refractivity contribution < 1.29 is 14.3 Å². The van der Waals surface area contributed by atoms with Gasteiger partial charge in [-0.1, -0.05) is 11.6 Å². The summed E-state index contributed by atoms with van der Waals surface area (Å²) in [6, 6.07) is 7.37. The van der Waals surface area contributed by atoms with E-state index in [0.29, 0.717) is 26.1 Å². The molecule has 0 saturated heterocycles. The van der Waals surface area contributed by atoms with Gasteiger partial charge in [0.2, 0.25) is 11.8 Å². The highest BCUT2D eigenvalue weighted by Gasteiger charge is 2.13. The Kier molecular flexibility index (Phi) is 8.19. The lowest BCUT2D eigenvalue weighted by Gasteiger charge is -2.21. The maximum atomic E-state index is 12.1. The Bertz CT molecular complexity index is 623. The summed E-state index contributed by atoms with van der Waals surface area (Å²) in [7, 11) is 0. The molecule has 2 amide bonds. The minimum atomic E-state index is -0.0747. The molecule has 0 heterocycles. The summed E-state index contributed by atoms with van der Waals surface area (Å²) in [5, 5.41) is 2.96. The molecule has 0 fully saturated rings. The van der Waals surface area contributed by atoms with Crippen molar-refractivity contribution in [1.82, 2.24) is 5.32 Å². The average molecular weight is 358 g/mol. The molecule has 0 aliphatic heterocycles. The molecule has 1 N–H and O–H groups in total. The number of carbonyl (C=O) groups excluding carboxylic acids is 2. The number of allylic oxidation sites excluding steroid dienone is 1. The number of benzene rings is 1.